The molecule has 10 heteroatoms. The van der Waals surface area contributed by atoms with Gasteiger partial charge in [0.05, 0.1) is 26.5 Å². The van der Waals surface area contributed by atoms with Crippen molar-refractivity contribution in [2.75, 3.05) is 37.5 Å². The molecule has 0 saturated carbocycles. The van der Waals surface area contributed by atoms with Gasteiger partial charge in [0.25, 0.3) is 15.9 Å². The van der Waals surface area contributed by atoms with Gasteiger partial charge in [0.15, 0.2) is 11.5 Å². The van der Waals surface area contributed by atoms with E-state index in [1.54, 1.807) is 47.8 Å². The minimum atomic E-state index is -3.97. The van der Waals surface area contributed by atoms with Crippen molar-refractivity contribution in [3.63, 3.8) is 0 Å². The van der Waals surface area contributed by atoms with E-state index in [1.165, 1.54) is 27.3 Å². The summed E-state index contributed by atoms with van der Waals surface area (Å²) in [5, 5.41) is 4.29. The first kappa shape index (κ1) is 23.4. The predicted octanol–water partition coefficient (Wildman–Crippen LogP) is 4.24. The van der Waals surface area contributed by atoms with Crippen LogP contribution in [0.25, 0.3) is 0 Å². The van der Waals surface area contributed by atoms with Gasteiger partial charge in [-0.2, -0.15) is 0 Å². The van der Waals surface area contributed by atoms with Crippen molar-refractivity contribution >= 4 is 38.6 Å². The maximum absolute atomic E-state index is 13.3. The average molecular weight is 477 g/mol. The van der Waals surface area contributed by atoms with Crippen molar-refractivity contribution < 1.29 is 27.4 Å². The molecule has 0 unspecified atom stereocenters. The number of ether oxygens (including phenoxy) is 3. The summed E-state index contributed by atoms with van der Waals surface area (Å²) < 4.78 is 43.5. The summed E-state index contributed by atoms with van der Waals surface area (Å²) in [4.78, 5) is 12.9. The quantitative estimate of drug-likeness (QED) is 0.496. The third kappa shape index (κ3) is 4.81. The van der Waals surface area contributed by atoms with Crippen LogP contribution in [0.2, 0.25) is 0 Å². The van der Waals surface area contributed by atoms with E-state index in [-0.39, 0.29) is 9.77 Å². The molecule has 1 amide bonds. The Bertz CT molecular complexity index is 1190. The Labute approximate surface area is 191 Å². The summed E-state index contributed by atoms with van der Waals surface area (Å²) in [5.41, 5.74) is 0.898. The van der Waals surface area contributed by atoms with E-state index in [4.69, 9.17) is 14.2 Å². The fourth-order valence-electron chi connectivity index (χ4n) is 2.97. The molecule has 1 heterocycles. The number of carbonyl (C=O) groups excluding carboxylic acids is 1. The molecule has 0 aliphatic carbocycles. The molecular weight excluding hydrogens is 452 g/mol. The van der Waals surface area contributed by atoms with Crippen molar-refractivity contribution in [3.8, 4) is 17.2 Å². The molecule has 32 heavy (non-hydrogen) atoms. The van der Waals surface area contributed by atoms with Gasteiger partial charge < -0.3 is 19.5 Å². The monoisotopic (exact) mass is 476 g/mol. The highest BCUT2D eigenvalue weighted by Crippen LogP contribution is 2.32. The number of rotatable bonds is 9. The summed E-state index contributed by atoms with van der Waals surface area (Å²) in [5.74, 6) is 1.07. The van der Waals surface area contributed by atoms with Crippen molar-refractivity contribution in [2.45, 2.75) is 11.8 Å². The molecule has 2 aromatic carbocycles. The maximum Gasteiger partial charge on any atom is 0.267 e. The van der Waals surface area contributed by atoms with E-state index in [9.17, 15) is 13.2 Å². The molecule has 0 spiro atoms. The number of methoxy groups -OCH3 is 2. The lowest BCUT2D eigenvalue weighted by Gasteiger charge is -2.20. The van der Waals surface area contributed by atoms with Gasteiger partial charge in [0.2, 0.25) is 0 Å². The summed E-state index contributed by atoms with van der Waals surface area (Å²) >= 11 is 1.05. The van der Waals surface area contributed by atoms with Crippen molar-refractivity contribution in [2.24, 2.45) is 0 Å². The Morgan fingerprint density at radius 1 is 1.03 bits per heavy atom. The number of nitrogens with one attached hydrogen (secondary N) is 1. The van der Waals surface area contributed by atoms with Gasteiger partial charge in [0, 0.05) is 18.8 Å². The Kier molecular flexibility index (Phi) is 7.26. The van der Waals surface area contributed by atoms with Crippen LogP contribution in [0.3, 0.4) is 0 Å². The van der Waals surface area contributed by atoms with Crippen LogP contribution in [0.4, 0.5) is 11.4 Å². The number of nitrogens with zero attached hydrogens (tertiary/aromatic N) is 1. The lowest BCUT2D eigenvalue weighted by Crippen LogP contribution is -2.28. The third-order valence-corrected chi connectivity index (χ3v) is 7.50. The summed E-state index contributed by atoms with van der Waals surface area (Å²) in [7, 11) is 0.479. The van der Waals surface area contributed by atoms with E-state index in [1.807, 2.05) is 6.92 Å². The first-order chi connectivity index (χ1) is 15.3. The van der Waals surface area contributed by atoms with Gasteiger partial charge in [-0.3, -0.25) is 9.10 Å². The normalized spacial score (nSPS) is 11.0. The molecule has 170 valence electrons. The molecule has 0 fully saturated rings. The fourth-order valence-corrected chi connectivity index (χ4v) is 5.46. The van der Waals surface area contributed by atoms with Gasteiger partial charge in [-0.05, 0) is 54.8 Å². The number of benzene rings is 2. The smallest absolute Gasteiger partial charge is 0.267 e. The minimum absolute atomic E-state index is 0.0724. The summed E-state index contributed by atoms with van der Waals surface area (Å²) in [6, 6.07) is 13.0. The molecule has 0 aliphatic rings. The van der Waals surface area contributed by atoms with E-state index >= 15 is 0 Å². The third-order valence-electron chi connectivity index (χ3n) is 4.63. The van der Waals surface area contributed by atoms with Crippen LogP contribution in [0.5, 0.6) is 17.2 Å². The molecule has 8 nitrogen and oxygen atoms in total. The van der Waals surface area contributed by atoms with E-state index in [0.29, 0.717) is 35.2 Å². The SMILES string of the molecule is CCOc1ccc(N(C)S(=O)(=O)c2ccsc2C(=O)Nc2ccc(OC)c(OC)c2)cc1. The highest BCUT2D eigenvalue weighted by Gasteiger charge is 2.28. The number of hydrogen-bond donors (Lipinski definition) is 1. The summed E-state index contributed by atoms with van der Waals surface area (Å²) in [6.45, 7) is 2.39. The second-order valence-corrected chi connectivity index (χ2v) is 9.39. The molecule has 0 radical (unpaired) electrons. The Morgan fingerprint density at radius 2 is 1.72 bits per heavy atom. The van der Waals surface area contributed by atoms with E-state index in [2.05, 4.69) is 5.32 Å². The van der Waals surface area contributed by atoms with E-state index < -0.39 is 15.9 Å². The number of carbonyl (C=O) groups is 1. The zero-order chi connectivity index (χ0) is 23.3. The van der Waals surface area contributed by atoms with Crippen LogP contribution in [-0.2, 0) is 10.0 Å². The number of anilines is 2. The van der Waals surface area contributed by atoms with Gasteiger partial charge in [-0.15, -0.1) is 11.3 Å². The fraction of sp³-hybridized carbons (Fsp3) is 0.227. The maximum atomic E-state index is 13.3. The van der Waals surface area contributed by atoms with E-state index in [0.717, 1.165) is 15.6 Å². The zero-order valence-corrected chi connectivity index (χ0v) is 19.7. The second kappa shape index (κ2) is 9.92. The first-order valence-electron chi connectivity index (χ1n) is 9.64. The van der Waals surface area contributed by atoms with Crippen LogP contribution in [0, 0.1) is 0 Å². The van der Waals surface area contributed by atoms with Crippen molar-refractivity contribution in [3.05, 3.63) is 58.8 Å². The van der Waals surface area contributed by atoms with Crippen LogP contribution in [-0.4, -0.2) is 42.2 Å². The van der Waals surface area contributed by atoms with Gasteiger partial charge >= 0.3 is 0 Å². The van der Waals surface area contributed by atoms with Crippen LogP contribution in [0.1, 0.15) is 16.6 Å². The van der Waals surface area contributed by atoms with Crippen LogP contribution >= 0.6 is 11.3 Å². The Hall–Kier alpha value is -3.24. The van der Waals surface area contributed by atoms with Crippen molar-refractivity contribution in [1.29, 1.82) is 0 Å². The minimum Gasteiger partial charge on any atom is -0.494 e. The summed E-state index contributed by atoms with van der Waals surface area (Å²) in [6.07, 6.45) is 0. The molecule has 0 bridgehead atoms. The van der Waals surface area contributed by atoms with Gasteiger partial charge in [-0.25, -0.2) is 8.42 Å². The standard InChI is InChI=1S/C22H24N2O6S2/c1-5-30-17-9-7-16(8-10-17)24(2)32(26,27)20-12-13-31-21(20)22(25)23-15-6-11-18(28-3)19(14-15)29-4/h6-14H,5H2,1-4H3,(H,23,25). The number of sulfonamides is 1. The molecular formula is C22H24N2O6S2. The Morgan fingerprint density at radius 3 is 2.34 bits per heavy atom. The highest BCUT2D eigenvalue weighted by atomic mass is 32.2. The molecule has 0 atom stereocenters. The van der Waals surface area contributed by atoms with Crippen molar-refractivity contribution in [1.82, 2.24) is 0 Å². The molecule has 1 aromatic heterocycles. The molecule has 3 rings (SSSR count). The molecule has 3 aromatic rings. The number of hydrogen-bond acceptors (Lipinski definition) is 7. The van der Waals surface area contributed by atoms with Crippen LogP contribution in [0.15, 0.2) is 58.8 Å². The highest BCUT2D eigenvalue weighted by molar-refractivity contribution is 7.93. The lowest BCUT2D eigenvalue weighted by molar-refractivity contribution is 0.102. The average Bonchev–Trinajstić information content (AvgIpc) is 3.30. The lowest BCUT2D eigenvalue weighted by atomic mass is 10.2. The van der Waals surface area contributed by atoms with Crippen LogP contribution < -0.4 is 23.8 Å². The van der Waals surface area contributed by atoms with Gasteiger partial charge in [-0.1, -0.05) is 0 Å². The molecule has 0 saturated heterocycles. The first-order valence-corrected chi connectivity index (χ1v) is 12.0. The number of thiophene rings is 1. The zero-order valence-electron chi connectivity index (χ0n) is 18.1. The Balaban J connectivity index is 1.85. The number of amides is 1. The predicted molar refractivity (Wildman–Crippen MR) is 125 cm³/mol. The molecule has 1 N–H and O–H groups in total. The topological polar surface area (TPSA) is 94.2 Å². The largest absolute Gasteiger partial charge is 0.494 e. The molecule has 0 aliphatic heterocycles. The van der Waals surface area contributed by atoms with Gasteiger partial charge in [0.1, 0.15) is 15.5 Å². The second-order valence-electron chi connectivity index (χ2n) is 6.54.